The first-order valence-electron chi connectivity index (χ1n) is 8.55. The minimum atomic E-state index is 0.0334. The highest BCUT2D eigenvalue weighted by molar-refractivity contribution is 5.49. The summed E-state index contributed by atoms with van der Waals surface area (Å²) < 4.78 is 0. The van der Waals surface area contributed by atoms with Gasteiger partial charge in [-0.05, 0) is 53.9 Å². The van der Waals surface area contributed by atoms with Crippen LogP contribution in [0.5, 0.6) is 5.75 Å². The van der Waals surface area contributed by atoms with Gasteiger partial charge in [-0.1, -0.05) is 46.1 Å². The van der Waals surface area contributed by atoms with Crippen molar-refractivity contribution in [2.24, 2.45) is 11.7 Å². The molecule has 0 heterocycles. The fraction of sp³-hybridized carbons (Fsp3) is 0.684. The average molecular weight is 287 g/mol. The van der Waals surface area contributed by atoms with E-state index in [1.807, 2.05) is 6.07 Å². The molecule has 2 nitrogen and oxygen atoms in total. The summed E-state index contributed by atoms with van der Waals surface area (Å²) >= 11 is 0. The summed E-state index contributed by atoms with van der Waals surface area (Å²) in [7, 11) is 0. The van der Waals surface area contributed by atoms with Gasteiger partial charge in [0, 0.05) is 11.5 Å². The molecule has 3 N–H and O–H groups in total. The zero-order valence-electron chi connectivity index (χ0n) is 13.7. The molecule has 0 aromatic heterocycles. The maximum atomic E-state index is 10.4. The van der Waals surface area contributed by atoms with E-state index in [2.05, 4.69) is 26.8 Å². The molecule has 3 rings (SSSR count). The molecule has 1 saturated carbocycles. The van der Waals surface area contributed by atoms with E-state index < -0.39 is 0 Å². The van der Waals surface area contributed by atoms with Crippen LogP contribution in [0, 0.1) is 5.92 Å². The largest absolute Gasteiger partial charge is 0.508 e. The fourth-order valence-electron chi connectivity index (χ4n) is 4.58. The van der Waals surface area contributed by atoms with Crippen LogP contribution in [0.25, 0.3) is 0 Å². The number of fused-ring (bicyclic) bond motifs is 4. The molecule has 0 aliphatic heterocycles. The highest BCUT2D eigenvalue weighted by Crippen LogP contribution is 2.47. The highest BCUT2D eigenvalue weighted by atomic mass is 16.3. The van der Waals surface area contributed by atoms with E-state index in [-0.39, 0.29) is 11.5 Å². The minimum absolute atomic E-state index is 0.0334. The zero-order valence-corrected chi connectivity index (χ0v) is 13.7. The molecule has 1 aromatic rings. The predicted octanol–water partition coefficient (Wildman–Crippen LogP) is 4.24. The number of benzene rings is 1. The first-order valence-corrected chi connectivity index (χ1v) is 8.55. The van der Waals surface area contributed by atoms with Crippen LogP contribution in [0.2, 0.25) is 0 Å². The van der Waals surface area contributed by atoms with Crippen molar-refractivity contribution in [3.63, 3.8) is 0 Å². The van der Waals surface area contributed by atoms with Crippen molar-refractivity contribution in [3.8, 4) is 5.75 Å². The summed E-state index contributed by atoms with van der Waals surface area (Å²) in [4.78, 5) is 0. The van der Waals surface area contributed by atoms with Gasteiger partial charge in [0.1, 0.15) is 5.75 Å². The Bertz CT molecular complexity index is 537. The van der Waals surface area contributed by atoms with Crippen LogP contribution in [-0.2, 0) is 11.8 Å². The number of nitrogens with two attached hydrogens (primary N) is 1. The standard InChI is InChI=1S/C19H29NO/c1-12(2)15-10-14-9-13-7-5-4-6-8-19(3,18(13)20)16(14)11-17(15)21/h10-13,18,21H,4-9,20H2,1-3H3. The smallest absolute Gasteiger partial charge is 0.119 e. The lowest BCUT2D eigenvalue weighted by Gasteiger charge is -2.47. The molecular formula is C19H29NO. The number of hydrogen-bond acceptors (Lipinski definition) is 2. The average Bonchev–Trinajstić information content (AvgIpc) is 2.43. The summed E-state index contributed by atoms with van der Waals surface area (Å²) in [6.45, 7) is 6.62. The number of phenols is 1. The van der Waals surface area contributed by atoms with Crippen LogP contribution in [0.3, 0.4) is 0 Å². The summed E-state index contributed by atoms with van der Waals surface area (Å²) in [5, 5.41) is 10.4. The monoisotopic (exact) mass is 287 g/mol. The van der Waals surface area contributed by atoms with Gasteiger partial charge < -0.3 is 10.8 Å². The molecule has 21 heavy (non-hydrogen) atoms. The molecule has 116 valence electrons. The maximum absolute atomic E-state index is 10.4. The van der Waals surface area contributed by atoms with Crippen molar-refractivity contribution in [3.05, 3.63) is 28.8 Å². The van der Waals surface area contributed by atoms with Crippen LogP contribution in [0.15, 0.2) is 12.1 Å². The zero-order chi connectivity index (χ0) is 15.2. The Morgan fingerprint density at radius 3 is 2.71 bits per heavy atom. The Balaban J connectivity index is 2.13. The minimum Gasteiger partial charge on any atom is -0.508 e. The van der Waals surface area contributed by atoms with E-state index in [1.54, 1.807) is 0 Å². The molecule has 0 radical (unpaired) electrons. The van der Waals surface area contributed by atoms with Crippen molar-refractivity contribution in [2.75, 3.05) is 0 Å². The third-order valence-electron chi connectivity index (χ3n) is 5.99. The Hall–Kier alpha value is -1.02. The quantitative estimate of drug-likeness (QED) is 0.811. The summed E-state index contributed by atoms with van der Waals surface area (Å²) in [5.41, 5.74) is 10.5. The number of phenolic OH excluding ortho intramolecular Hbond substituents is 1. The molecule has 0 spiro atoms. The molecular weight excluding hydrogens is 258 g/mol. The summed E-state index contributed by atoms with van der Waals surface area (Å²) in [5.74, 6) is 1.42. The van der Waals surface area contributed by atoms with Gasteiger partial charge >= 0.3 is 0 Å². The Morgan fingerprint density at radius 2 is 2.00 bits per heavy atom. The van der Waals surface area contributed by atoms with E-state index in [1.165, 1.54) is 36.8 Å². The van der Waals surface area contributed by atoms with Crippen LogP contribution < -0.4 is 5.73 Å². The van der Waals surface area contributed by atoms with Crippen LogP contribution in [0.1, 0.15) is 75.5 Å². The lowest BCUT2D eigenvalue weighted by Crippen LogP contribution is -2.52. The molecule has 0 amide bonds. The molecule has 2 aliphatic rings. The van der Waals surface area contributed by atoms with Crippen molar-refractivity contribution in [2.45, 2.75) is 76.7 Å². The SMILES string of the molecule is CC(C)c1cc2c(cc1O)C1(C)CCCCCC(C2)C1N. The van der Waals surface area contributed by atoms with Crippen LogP contribution in [-0.4, -0.2) is 11.1 Å². The molecule has 2 aliphatic carbocycles. The topological polar surface area (TPSA) is 46.2 Å². The second-order valence-electron chi connectivity index (χ2n) is 7.73. The lowest BCUT2D eigenvalue weighted by molar-refractivity contribution is 0.201. The molecule has 0 saturated heterocycles. The van der Waals surface area contributed by atoms with Crippen LogP contribution >= 0.6 is 0 Å². The molecule has 1 fully saturated rings. The Kier molecular flexibility index (Phi) is 3.77. The molecule has 3 atom stereocenters. The summed E-state index contributed by atoms with van der Waals surface area (Å²) in [6, 6.07) is 4.52. The number of rotatable bonds is 1. The van der Waals surface area contributed by atoms with Gasteiger partial charge in [-0.2, -0.15) is 0 Å². The van der Waals surface area contributed by atoms with E-state index >= 15 is 0 Å². The lowest BCUT2D eigenvalue weighted by atomic mass is 9.59. The van der Waals surface area contributed by atoms with Gasteiger partial charge in [-0.3, -0.25) is 0 Å². The first-order chi connectivity index (χ1) is 9.93. The van der Waals surface area contributed by atoms with Gasteiger partial charge in [-0.25, -0.2) is 0 Å². The van der Waals surface area contributed by atoms with Gasteiger partial charge in [0.05, 0.1) is 0 Å². The second-order valence-corrected chi connectivity index (χ2v) is 7.73. The first kappa shape index (κ1) is 14.9. The van der Waals surface area contributed by atoms with Crippen molar-refractivity contribution >= 4 is 0 Å². The van der Waals surface area contributed by atoms with Crippen LogP contribution in [0.4, 0.5) is 0 Å². The van der Waals surface area contributed by atoms with Gasteiger partial charge in [-0.15, -0.1) is 0 Å². The van der Waals surface area contributed by atoms with Crippen molar-refractivity contribution in [1.82, 2.24) is 0 Å². The highest BCUT2D eigenvalue weighted by Gasteiger charge is 2.44. The molecule has 2 heteroatoms. The number of hydrogen-bond donors (Lipinski definition) is 2. The van der Waals surface area contributed by atoms with Gasteiger partial charge in [0.25, 0.3) is 0 Å². The Morgan fingerprint density at radius 1 is 1.24 bits per heavy atom. The molecule has 3 unspecified atom stereocenters. The third-order valence-corrected chi connectivity index (χ3v) is 5.99. The van der Waals surface area contributed by atoms with Gasteiger partial charge in [0.15, 0.2) is 0 Å². The van der Waals surface area contributed by atoms with E-state index in [9.17, 15) is 5.11 Å². The fourth-order valence-corrected chi connectivity index (χ4v) is 4.58. The Labute approximate surface area is 128 Å². The van der Waals surface area contributed by atoms with Crippen molar-refractivity contribution < 1.29 is 5.11 Å². The van der Waals surface area contributed by atoms with Crippen molar-refractivity contribution in [1.29, 1.82) is 0 Å². The summed E-state index contributed by atoms with van der Waals surface area (Å²) in [6.07, 6.45) is 7.39. The molecule has 2 bridgehead atoms. The second kappa shape index (κ2) is 5.31. The maximum Gasteiger partial charge on any atom is 0.119 e. The van der Waals surface area contributed by atoms with Gasteiger partial charge in [0.2, 0.25) is 0 Å². The predicted molar refractivity (Wildman–Crippen MR) is 87.8 cm³/mol. The van der Waals surface area contributed by atoms with E-state index in [0.717, 1.165) is 18.4 Å². The third kappa shape index (κ3) is 2.38. The van der Waals surface area contributed by atoms with E-state index in [4.69, 9.17) is 5.73 Å². The normalized spacial score (nSPS) is 32.4. The number of aromatic hydroxyl groups is 1. The van der Waals surface area contributed by atoms with E-state index in [0.29, 0.717) is 17.6 Å². The molecule has 1 aromatic carbocycles.